The first kappa shape index (κ1) is 13.6. The van der Waals surface area contributed by atoms with E-state index in [1.165, 1.54) is 6.07 Å². The van der Waals surface area contributed by atoms with E-state index in [2.05, 4.69) is 4.74 Å². The normalized spacial score (nSPS) is 11.2. The van der Waals surface area contributed by atoms with Crippen LogP contribution in [-0.2, 0) is 21.4 Å². The molecular weight excluding hydrogens is 253 g/mol. The van der Waals surface area contributed by atoms with Gasteiger partial charge in [0.1, 0.15) is 6.67 Å². The summed E-state index contributed by atoms with van der Waals surface area (Å²) in [6.07, 6.45) is 0. The van der Waals surface area contributed by atoms with Crippen molar-refractivity contribution < 1.29 is 27.5 Å². The monoisotopic (exact) mass is 263 g/mol. The SMILES string of the molecule is COC(=O)c1cc(CF)cc(S(=O)(=O)NO)c1. The molecule has 8 heteroatoms. The van der Waals surface area contributed by atoms with Crippen molar-refractivity contribution >= 4 is 16.0 Å². The summed E-state index contributed by atoms with van der Waals surface area (Å²) in [5.74, 6) is -0.797. The largest absolute Gasteiger partial charge is 0.465 e. The average molecular weight is 263 g/mol. The Balaban J connectivity index is 3.38. The minimum Gasteiger partial charge on any atom is -0.465 e. The first-order chi connectivity index (χ1) is 7.94. The summed E-state index contributed by atoms with van der Waals surface area (Å²) in [5.41, 5.74) is -0.127. The Morgan fingerprint density at radius 3 is 2.59 bits per heavy atom. The van der Waals surface area contributed by atoms with Crippen molar-refractivity contribution in [3.63, 3.8) is 0 Å². The van der Waals surface area contributed by atoms with Gasteiger partial charge in [0.15, 0.2) is 0 Å². The predicted molar refractivity (Wildman–Crippen MR) is 54.7 cm³/mol. The van der Waals surface area contributed by atoms with Crippen LogP contribution in [0, 0.1) is 0 Å². The van der Waals surface area contributed by atoms with Crippen LogP contribution in [0.1, 0.15) is 15.9 Å². The van der Waals surface area contributed by atoms with E-state index < -0.39 is 27.6 Å². The molecule has 0 unspecified atom stereocenters. The van der Waals surface area contributed by atoms with Crippen molar-refractivity contribution in [1.29, 1.82) is 0 Å². The Labute approximate surface area is 97.0 Å². The molecule has 2 N–H and O–H groups in total. The first-order valence-corrected chi connectivity index (χ1v) is 5.87. The fourth-order valence-electron chi connectivity index (χ4n) is 1.18. The van der Waals surface area contributed by atoms with Crippen LogP contribution in [0.2, 0.25) is 0 Å². The number of carbonyl (C=O) groups is 1. The van der Waals surface area contributed by atoms with Crippen LogP contribution in [-0.4, -0.2) is 26.7 Å². The molecule has 1 aromatic carbocycles. The first-order valence-electron chi connectivity index (χ1n) is 4.38. The molecule has 0 spiro atoms. The van der Waals surface area contributed by atoms with Crippen LogP contribution < -0.4 is 4.89 Å². The minimum absolute atomic E-state index is 0.0123. The summed E-state index contributed by atoms with van der Waals surface area (Å²) in [4.78, 5) is 11.9. The lowest BCUT2D eigenvalue weighted by Gasteiger charge is -2.06. The fourth-order valence-corrected chi connectivity index (χ4v) is 1.88. The Hall–Kier alpha value is -1.51. The molecule has 0 aromatic heterocycles. The van der Waals surface area contributed by atoms with E-state index in [4.69, 9.17) is 5.21 Å². The smallest absolute Gasteiger partial charge is 0.337 e. The molecule has 17 heavy (non-hydrogen) atoms. The maximum Gasteiger partial charge on any atom is 0.337 e. The van der Waals surface area contributed by atoms with Crippen LogP contribution in [0.3, 0.4) is 0 Å². The molecule has 0 fully saturated rings. The van der Waals surface area contributed by atoms with Gasteiger partial charge >= 0.3 is 5.97 Å². The van der Waals surface area contributed by atoms with Gasteiger partial charge < -0.3 is 9.94 Å². The van der Waals surface area contributed by atoms with Gasteiger partial charge in [0, 0.05) is 0 Å². The van der Waals surface area contributed by atoms with Crippen molar-refractivity contribution in [1.82, 2.24) is 4.89 Å². The number of methoxy groups -OCH3 is 1. The number of hydrogen-bond donors (Lipinski definition) is 2. The van der Waals surface area contributed by atoms with Gasteiger partial charge in [0.25, 0.3) is 10.0 Å². The summed E-state index contributed by atoms with van der Waals surface area (Å²) in [6.45, 7) is -0.946. The topological polar surface area (TPSA) is 92.7 Å². The van der Waals surface area contributed by atoms with E-state index in [1.54, 1.807) is 0 Å². The molecule has 6 nitrogen and oxygen atoms in total. The third-order valence-corrected chi connectivity index (χ3v) is 3.07. The van der Waals surface area contributed by atoms with Crippen molar-refractivity contribution in [2.24, 2.45) is 0 Å². The van der Waals surface area contributed by atoms with Crippen molar-refractivity contribution in [2.45, 2.75) is 11.6 Å². The summed E-state index contributed by atoms with van der Waals surface area (Å²) in [5, 5.41) is 8.45. The van der Waals surface area contributed by atoms with Gasteiger partial charge in [-0.3, -0.25) is 0 Å². The van der Waals surface area contributed by atoms with E-state index >= 15 is 0 Å². The molecule has 0 aliphatic rings. The Kier molecular flexibility index (Phi) is 4.16. The number of rotatable bonds is 4. The number of nitrogens with one attached hydrogen (secondary N) is 1. The maximum absolute atomic E-state index is 12.5. The molecular formula is C9H10FNO5S. The van der Waals surface area contributed by atoms with Crippen LogP contribution in [0.15, 0.2) is 23.1 Å². The molecule has 0 radical (unpaired) electrons. The molecule has 0 atom stereocenters. The summed E-state index contributed by atoms with van der Waals surface area (Å²) >= 11 is 0. The highest BCUT2D eigenvalue weighted by atomic mass is 32.2. The second kappa shape index (κ2) is 5.21. The number of halogens is 1. The lowest BCUT2D eigenvalue weighted by atomic mass is 10.1. The highest BCUT2D eigenvalue weighted by Gasteiger charge is 2.17. The molecule has 1 aromatic rings. The maximum atomic E-state index is 12.5. The molecule has 1 rings (SSSR count). The zero-order chi connectivity index (χ0) is 13.1. The Morgan fingerprint density at radius 1 is 1.47 bits per heavy atom. The summed E-state index contributed by atoms with van der Waals surface area (Å²) < 4.78 is 39.5. The lowest BCUT2D eigenvalue weighted by molar-refractivity contribution is 0.0600. The van der Waals surface area contributed by atoms with Crippen molar-refractivity contribution in [2.75, 3.05) is 7.11 Å². The minimum atomic E-state index is -4.16. The quantitative estimate of drug-likeness (QED) is 0.613. The van der Waals surface area contributed by atoms with Crippen LogP contribution in [0.5, 0.6) is 0 Å². The number of esters is 1. The third-order valence-electron chi connectivity index (χ3n) is 1.97. The van der Waals surface area contributed by atoms with E-state index in [1.807, 2.05) is 0 Å². The lowest BCUT2D eigenvalue weighted by Crippen LogP contribution is -2.20. The Morgan fingerprint density at radius 2 is 2.12 bits per heavy atom. The number of sulfonamides is 1. The second-order valence-corrected chi connectivity index (χ2v) is 4.75. The molecule has 0 heterocycles. The van der Waals surface area contributed by atoms with Gasteiger partial charge in [-0.2, -0.15) is 0 Å². The van der Waals surface area contributed by atoms with E-state index in [0.29, 0.717) is 0 Å². The molecule has 0 aliphatic heterocycles. The highest BCUT2D eigenvalue weighted by Crippen LogP contribution is 2.16. The molecule has 0 bridgehead atoms. The fraction of sp³-hybridized carbons (Fsp3) is 0.222. The molecule has 0 saturated carbocycles. The number of benzene rings is 1. The molecule has 0 amide bonds. The van der Waals surface area contributed by atoms with Gasteiger partial charge in [-0.1, -0.05) is 4.89 Å². The van der Waals surface area contributed by atoms with Crippen LogP contribution in [0.25, 0.3) is 0 Å². The zero-order valence-electron chi connectivity index (χ0n) is 8.81. The van der Waals surface area contributed by atoms with Gasteiger partial charge in [-0.15, -0.1) is 0 Å². The Bertz CT molecular complexity index is 528. The van der Waals surface area contributed by atoms with E-state index in [9.17, 15) is 17.6 Å². The van der Waals surface area contributed by atoms with E-state index in [-0.39, 0.29) is 11.1 Å². The predicted octanol–water partition coefficient (Wildman–Crippen LogP) is 0.610. The van der Waals surface area contributed by atoms with Crippen LogP contribution in [0.4, 0.5) is 4.39 Å². The van der Waals surface area contributed by atoms with Gasteiger partial charge in [-0.05, 0) is 23.8 Å². The standard InChI is InChI=1S/C9H10FNO5S/c1-16-9(12)7-2-6(5-10)3-8(4-7)17(14,15)11-13/h2-4,11,13H,5H2,1H3. The number of carbonyl (C=O) groups excluding carboxylic acids is 1. The highest BCUT2D eigenvalue weighted by molar-refractivity contribution is 7.89. The molecule has 0 aliphatic carbocycles. The molecule has 94 valence electrons. The summed E-state index contributed by atoms with van der Waals surface area (Å²) in [6, 6.07) is 3.15. The zero-order valence-corrected chi connectivity index (χ0v) is 9.62. The number of alkyl halides is 1. The van der Waals surface area contributed by atoms with Crippen molar-refractivity contribution in [3.05, 3.63) is 29.3 Å². The second-order valence-electron chi connectivity index (χ2n) is 3.09. The van der Waals surface area contributed by atoms with Crippen LogP contribution >= 0.6 is 0 Å². The third kappa shape index (κ3) is 2.99. The van der Waals surface area contributed by atoms with Crippen molar-refractivity contribution in [3.8, 4) is 0 Å². The number of ether oxygens (including phenoxy) is 1. The molecule has 0 saturated heterocycles. The average Bonchev–Trinajstić information content (AvgIpc) is 2.37. The van der Waals surface area contributed by atoms with Gasteiger partial charge in [-0.25, -0.2) is 17.6 Å². The van der Waals surface area contributed by atoms with E-state index in [0.717, 1.165) is 24.1 Å². The number of hydrogen-bond acceptors (Lipinski definition) is 5. The van der Waals surface area contributed by atoms with Gasteiger partial charge in [0.2, 0.25) is 0 Å². The summed E-state index contributed by atoms with van der Waals surface area (Å²) in [7, 11) is -3.05. The van der Waals surface area contributed by atoms with Gasteiger partial charge in [0.05, 0.1) is 17.6 Å².